The number of carbonyl (C=O) groups excluding carboxylic acids is 1. The molecule has 0 aliphatic carbocycles. The van der Waals surface area contributed by atoms with E-state index in [-0.39, 0.29) is 6.42 Å². The third-order valence-electron chi connectivity index (χ3n) is 16.0. The third kappa shape index (κ3) is 41.6. The van der Waals surface area contributed by atoms with Crippen LogP contribution in [0.1, 0.15) is 316 Å². The van der Waals surface area contributed by atoms with Crippen molar-refractivity contribution in [3.8, 4) is 0 Å². The Bertz CT molecular complexity index is 1280. The normalized spacial score (nSPS) is 19.7. The van der Waals surface area contributed by atoms with Crippen LogP contribution in [-0.2, 0) is 14.3 Å². The number of rotatable bonds is 57. The van der Waals surface area contributed by atoms with Crippen molar-refractivity contribution in [2.75, 3.05) is 13.2 Å². The molecule has 11 heteroatoms. The number of allylic oxidation sites excluding steroid dienone is 4. The molecular weight excluding hydrogens is 955 g/mol. The second kappa shape index (κ2) is 54.2. The van der Waals surface area contributed by atoms with Gasteiger partial charge in [0.2, 0.25) is 5.91 Å². The third-order valence-corrected chi connectivity index (χ3v) is 16.0. The summed E-state index contributed by atoms with van der Waals surface area (Å²) in [4.78, 5) is 13.2. The molecule has 1 saturated heterocycles. The van der Waals surface area contributed by atoms with Crippen molar-refractivity contribution in [2.24, 2.45) is 0 Å². The van der Waals surface area contributed by atoms with Gasteiger partial charge in [-0.2, -0.15) is 0 Å². The molecule has 9 unspecified atom stereocenters. The molecule has 1 aliphatic heterocycles. The lowest BCUT2D eigenvalue weighted by Crippen LogP contribution is -2.60. The van der Waals surface area contributed by atoms with Crippen molar-refractivity contribution in [1.82, 2.24) is 5.32 Å². The van der Waals surface area contributed by atoms with E-state index in [1.807, 2.05) is 0 Å². The summed E-state index contributed by atoms with van der Waals surface area (Å²) in [6.45, 7) is 3.49. The predicted molar refractivity (Wildman–Crippen MR) is 316 cm³/mol. The first kappa shape index (κ1) is 72.6. The van der Waals surface area contributed by atoms with E-state index in [4.69, 9.17) is 9.47 Å². The molecule has 0 bridgehead atoms. The highest BCUT2D eigenvalue weighted by Crippen LogP contribution is 2.24. The minimum atomic E-state index is -1.66. The van der Waals surface area contributed by atoms with Gasteiger partial charge in [-0.05, 0) is 44.9 Å². The lowest BCUT2D eigenvalue weighted by Gasteiger charge is -2.40. The fraction of sp³-hybridized carbons (Fsp3) is 0.923. The first-order chi connectivity index (χ1) is 37.2. The summed E-state index contributed by atoms with van der Waals surface area (Å²) in [5.41, 5.74) is 0. The van der Waals surface area contributed by atoms with Crippen LogP contribution in [0.2, 0.25) is 0 Å². The number of hydrogen-bond donors (Lipinski definition) is 8. The van der Waals surface area contributed by atoms with Gasteiger partial charge in [0.15, 0.2) is 6.29 Å². The van der Waals surface area contributed by atoms with Crippen molar-refractivity contribution in [2.45, 2.75) is 371 Å². The molecule has 1 amide bonds. The molecule has 0 spiro atoms. The van der Waals surface area contributed by atoms with Crippen LogP contribution in [-0.4, -0.2) is 110 Å². The van der Waals surface area contributed by atoms with E-state index in [0.29, 0.717) is 19.3 Å². The molecule has 0 aromatic heterocycles. The molecule has 0 radical (unpaired) electrons. The molecule has 1 fully saturated rings. The maximum absolute atomic E-state index is 13.2. The Morgan fingerprint density at radius 3 is 1.17 bits per heavy atom. The molecule has 0 aromatic rings. The molecular formula is C65H125NO10. The van der Waals surface area contributed by atoms with Crippen LogP contribution in [0.4, 0.5) is 0 Å². The molecule has 1 rings (SSSR count). The summed E-state index contributed by atoms with van der Waals surface area (Å²) in [5, 5.41) is 76.3. The van der Waals surface area contributed by atoms with Crippen molar-refractivity contribution < 1.29 is 50.0 Å². The molecule has 9 atom stereocenters. The van der Waals surface area contributed by atoms with E-state index < -0.39 is 74.2 Å². The fourth-order valence-electron chi connectivity index (χ4n) is 10.7. The molecule has 1 heterocycles. The molecule has 0 saturated carbocycles. The molecule has 8 N–H and O–H groups in total. The fourth-order valence-corrected chi connectivity index (χ4v) is 10.7. The number of aliphatic hydroxyl groups is 7. The van der Waals surface area contributed by atoms with Gasteiger partial charge in [0.1, 0.15) is 36.6 Å². The zero-order valence-electron chi connectivity index (χ0n) is 49.5. The minimum Gasteiger partial charge on any atom is -0.394 e. The van der Waals surface area contributed by atoms with Gasteiger partial charge >= 0.3 is 0 Å². The number of amides is 1. The van der Waals surface area contributed by atoms with Gasteiger partial charge in [-0.1, -0.05) is 295 Å². The van der Waals surface area contributed by atoms with E-state index in [2.05, 4.69) is 43.5 Å². The molecule has 11 nitrogen and oxygen atoms in total. The quantitative estimate of drug-likeness (QED) is 0.0215. The smallest absolute Gasteiger partial charge is 0.249 e. The Hall–Kier alpha value is -1.41. The van der Waals surface area contributed by atoms with Gasteiger partial charge in [0.05, 0.1) is 25.4 Å². The van der Waals surface area contributed by atoms with Crippen LogP contribution in [0.25, 0.3) is 0 Å². The maximum Gasteiger partial charge on any atom is 0.249 e. The van der Waals surface area contributed by atoms with Crippen LogP contribution < -0.4 is 5.32 Å². The lowest BCUT2D eigenvalue weighted by molar-refractivity contribution is -0.303. The topological polar surface area (TPSA) is 189 Å². The number of carbonyl (C=O) groups is 1. The second-order valence-electron chi connectivity index (χ2n) is 23.2. The van der Waals surface area contributed by atoms with E-state index in [1.54, 1.807) is 0 Å². The van der Waals surface area contributed by atoms with Gasteiger partial charge < -0.3 is 50.5 Å². The summed E-state index contributed by atoms with van der Waals surface area (Å²) >= 11 is 0. The molecule has 450 valence electrons. The van der Waals surface area contributed by atoms with E-state index in [9.17, 15) is 40.5 Å². The first-order valence-corrected chi connectivity index (χ1v) is 32.7. The Labute approximate surface area is 467 Å². The van der Waals surface area contributed by atoms with Crippen LogP contribution >= 0.6 is 0 Å². The summed E-state index contributed by atoms with van der Waals surface area (Å²) in [6.07, 6.45) is 55.4. The van der Waals surface area contributed by atoms with E-state index >= 15 is 0 Å². The Kier molecular flexibility index (Phi) is 51.8. The van der Waals surface area contributed by atoms with Gasteiger partial charge in [-0.15, -0.1) is 0 Å². The summed E-state index contributed by atoms with van der Waals surface area (Å²) < 4.78 is 11.2. The van der Waals surface area contributed by atoms with Crippen LogP contribution in [0, 0.1) is 0 Å². The Morgan fingerprint density at radius 1 is 0.461 bits per heavy atom. The minimum absolute atomic E-state index is 0.263. The predicted octanol–water partition coefficient (Wildman–Crippen LogP) is 14.9. The van der Waals surface area contributed by atoms with E-state index in [0.717, 1.165) is 44.9 Å². The number of nitrogens with one attached hydrogen (secondary N) is 1. The van der Waals surface area contributed by atoms with Crippen LogP contribution in [0.3, 0.4) is 0 Å². The van der Waals surface area contributed by atoms with Crippen molar-refractivity contribution in [3.63, 3.8) is 0 Å². The monoisotopic (exact) mass is 1080 g/mol. The zero-order valence-corrected chi connectivity index (χ0v) is 49.5. The maximum atomic E-state index is 13.2. The second-order valence-corrected chi connectivity index (χ2v) is 23.2. The molecule has 76 heavy (non-hydrogen) atoms. The van der Waals surface area contributed by atoms with Gasteiger partial charge in [-0.25, -0.2) is 0 Å². The van der Waals surface area contributed by atoms with Crippen molar-refractivity contribution in [3.05, 3.63) is 24.3 Å². The standard InChI is InChI=1S/C65H125NO10/c1-3-5-7-9-11-13-15-17-19-20-21-22-23-24-25-26-27-28-29-30-31-32-33-34-35-36-37-39-41-43-45-47-49-51-53-58(69)64(74)66-56(55-75-65-63(73)62(72)61(71)59(54-67)76-65)60(70)57(68)52-50-48-46-44-42-40-38-18-16-14-12-10-8-6-4-2/h23-24,26-27,56-63,65,67-73H,3-22,25,28-55H2,1-2H3,(H,66,74)/b24-23-,27-26-. The first-order valence-electron chi connectivity index (χ1n) is 32.7. The molecule has 1 aliphatic rings. The number of unbranched alkanes of at least 4 members (excludes halogenated alkanes) is 41. The van der Waals surface area contributed by atoms with Crippen LogP contribution in [0.5, 0.6) is 0 Å². The zero-order chi connectivity index (χ0) is 55.4. The number of ether oxygens (including phenoxy) is 2. The van der Waals surface area contributed by atoms with E-state index in [1.165, 1.54) is 231 Å². The molecule has 0 aromatic carbocycles. The largest absolute Gasteiger partial charge is 0.394 e. The summed E-state index contributed by atoms with van der Waals surface area (Å²) in [5.74, 6) is -0.692. The Morgan fingerprint density at radius 2 is 0.803 bits per heavy atom. The Balaban J connectivity index is 2.16. The van der Waals surface area contributed by atoms with Gasteiger partial charge in [0.25, 0.3) is 0 Å². The summed E-state index contributed by atoms with van der Waals surface area (Å²) in [6, 6.07) is -1.17. The number of hydrogen-bond acceptors (Lipinski definition) is 10. The van der Waals surface area contributed by atoms with Crippen molar-refractivity contribution in [1.29, 1.82) is 0 Å². The van der Waals surface area contributed by atoms with Gasteiger partial charge in [-0.3, -0.25) is 4.79 Å². The highest BCUT2D eigenvalue weighted by Gasteiger charge is 2.44. The number of aliphatic hydroxyl groups excluding tert-OH is 7. The highest BCUT2D eigenvalue weighted by atomic mass is 16.7. The highest BCUT2D eigenvalue weighted by molar-refractivity contribution is 5.80. The summed E-state index contributed by atoms with van der Waals surface area (Å²) in [7, 11) is 0. The van der Waals surface area contributed by atoms with Gasteiger partial charge in [0, 0.05) is 0 Å². The van der Waals surface area contributed by atoms with Crippen molar-refractivity contribution >= 4 is 5.91 Å². The lowest BCUT2D eigenvalue weighted by atomic mass is 9.98. The average molecular weight is 1080 g/mol. The van der Waals surface area contributed by atoms with Crippen LogP contribution in [0.15, 0.2) is 24.3 Å². The SMILES string of the molecule is CCCCCCCCCCCCC/C=C\C/C=C\CCCCCCCCCCCCCCCCCCC(O)C(=O)NC(COC1OC(CO)C(O)C(O)C1O)C(O)C(O)CCCCCCCCCCCCCCCCC. The average Bonchev–Trinajstić information content (AvgIpc) is 3.42.